The van der Waals surface area contributed by atoms with Crippen LogP contribution in [0.25, 0.3) is 0 Å². The second-order valence-electron chi connectivity index (χ2n) is 2.89. The Balaban J connectivity index is 2.30. The average Bonchev–Trinajstić information content (AvgIpc) is 2.43. The maximum absolute atomic E-state index is 11.2. The van der Waals surface area contributed by atoms with E-state index in [4.69, 9.17) is 5.73 Å². The van der Waals surface area contributed by atoms with Gasteiger partial charge in [-0.1, -0.05) is 0 Å². The third-order valence-corrected chi connectivity index (χ3v) is 3.00. The Labute approximate surface area is 74.6 Å². The zero-order valence-electron chi connectivity index (χ0n) is 6.54. The molecule has 3 N–H and O–H groups in total. The Bertz CT molecular complexity index is 308. The average molecular weight is 182 g/mol. The number of hydrogen-bond acceptors (Lipinski definition) is 3. The summed E-state index contributed by atoms with van der Waals surface area (Å²) in [4.78, 5) is 12.5. The summed E-state index contributed by atoms with van der Waals surface area (Å²) in [5, 5.41) is 4.79. The van der Waals surface area contributed by atoms with Gasteiger partial charge in [-0.3, -0.25) is 4.79 Å². The van der Waals surface area contributed by atoms with Crippen LogP contribution in [0.4, 0.5) is 5.69 Å². The van der Waals surface area contributed by atoms with Gasteiger partial charge in [-0.2, -0.15) is 0 Å². The van der Waals surface area contributed by atoms with Gasteiger partial charge >= 0.3 is 0 Å². The van der Waals surface area contributed by atoms with Crippen LogP contribution in [0.15, 0.2) is 11.4 Å². The number of carbonyl (C=O) groups excluding carboxylic acids is 1. The lowest BCUT2D eigenvalue weighted by molar-refractivity contribution is -0.117. The summed E-state index contributed by atoms with van der Waals surface area (Å²) in [7, 11) is 0. The monoisotopic (exact) mass is 182 g/mol. The third kappa shape index (κ3) is 1.23. The van der Waals surface area contributed by atoms with Crippen LogP contribution in [0.3, 0.4) is 0 Å². The van der Waals surface area contributed by atoms with E-state index < -0.39 is 0 Å². The van der Waals surface area contributed by atoms with E-state index in [0.29, 0.717) is 0 Å². The maximum Gasteiger partial charge on any atom is 0.241 e. The highest BCUT2D eigenvalue weighted by Crippen LogP contribution is 2.26. The van der Waals surface area contributed by atoms with Crippen molar-refractivity contribution in [2.45, 2.75) is 18.9 Å². The van der Waals surface area contributed by atoms with Crippen molar-refractivity contribution in [2.75, 3.05) is 5.32 Å². The van der Waals surface area contributed by atoms with Gasteiger partial charge in [0, 0.05) is 4.88 Å². The van der Waals surface area contributed by atoms with Crippen LogP contribution < -0.4 is 11.1 Å². The highest BCUT2D eigenvalue weighted by atomic mass is 32.1. The van der Waals surface area contributed by atoms with E-state index in [9.17, 15) is 4.79 Å². The minimum Gasteiger partial charge on any atom is -0.324 e. The Morgan fingerprint density at radius 1 is 1.67 bits per heavy atom. The molecule has 0 unspecified atom stereocenters. The SMILES string of the molecule is N[C@@H]1CCc2sccc2NC1=O. The zero-order chi connectivity index (χ0) is 8.55. The van der Waals surface area contributed by atoms with Crippen molar-refractivity contribution in [3.05, 3.63) is 16.3 Å². The van der Waals surface area contributed by atoms with Crippen LogP contribution in [0.2, 0.25) is 0 Å². The van der Waals surface area contributed by atoms with E-state index >= 15 is 0 Å². The summed E-state index contributed by atoms with van der Waals surface area (Å²) in [5.74, 6) is -0.0628. The molecule has 0 bridgehead atoms. The van der Waals surface area contributed by atoms with Crippen molar-refractivity contribution in [1.29, 1.82) is 0 Å². The molecule has 0 aromatic carbocycles. The number of amides is 1. The number of rotatable bonds is 0. The molecule has 2 rings (SSSR count). The molecule has 2 heterocycles. The largest absolute Gasteiger partial charge is 0.324 e. The van der Waals surface area contributed by atoms with Crippen LogP contribution in [0, 0.1) is 0 Å². The number of thiophene rings is 1. The van der Waals surface area contributed by atoms with Crippen LogP contribution in [0.1, 0.15) is 11.3 Å². The number of carbonyl (C=O) groups is 1. The van der Waals surface area contributed by atoms with Crippen molar-refractivity contribution < 1.29 is 4.79 Å². The minimum absolute atomic E-state index is 0.0628. The normalized spacial score (nSPS) is 22.8. The Morgan fingerprint density at radius 2 is 2.50 bits per heavy atom. The van der Waals surface area contributed by atoms with Gasteiger partial charge in [0.05, 0.1) is 11.7 Å². The number of nitrogens with two attached hydrogens (primary N) is 1. The molecule has 1 aromatic rings. The fourth-order valence-electron chi connectivity index (χ4n) is 1.29. The standard InChI is InChI=1S/C8H10N2OS/c9-5-1-2-7-6(3-4-12-7)10-8(5)11/h3-5H,1-2,9H2,(H,10,11)/t5-/m1/s1. The molecule has 0 aliphatic carbocycles. The van der Waals surface area contributed by atoms with Crippen molar-refractivity contribution in [2.24, 2.45) is 5.73 Å². The van der Waals surface area contributed by atoms with Gasteiger partial charge in [0.15, 0.2) is 0 Å². The Kier molecular flexibility index (Phi) is 1.86. The maximum atomic E-state index is 11.2. The summed E-state index contributed by atoms with van der Waals surface area (Å²) in [5.41, 5.74) is 6.55. The van der Waals surface area contributed by atoms with Crippen molar-refractivity contribution in [3.8, 4) is 0 Å². The van der Waals surface area contributed by atoms with Gasteiger partial charge in [-0.15, -0.1) is 11.3 Å². The summed E-state index contributed by atoms with van der Waals surface area (Å²) in [6.07, 6.45) is 1.66. The highest BCUT2D eigenvalue weighted by molar-refractivity contribution is 7.10. The number of anilines is 1. The van der Waals surface area contributed by atoms with Crippen molar-refractivity contribution in [3.63, 3.8) is 0 Å². The van der Waals surface area contributed by atoms with Crippen LogP contribution in [-0.2, 0) is 11.2 Å². The molecule has 1 aromatic heterocycles. The second kappa shape index (κ2) is 2.88. The number of aryl methyl sites for hydroxylation is 1. The van der Waals surface area contributed by atoms with E-state index in [1.54, 1.807) is 11.3 Å². The zero-order valence-corrected chi connectivity index (χ0v) is 7.36. The second-order valence-corrected chi connectivity index (χ2v) is 3.89. The lowest BCUT2D eigenvalue weighted by Crippen LogP contribution is -2.34. The van der Waals surface area contributed by atoms with Gasteiger partial charge in [-0.25, -0.2) is 0 Å². The smallest absolute Gasteiger partial charge is 0.241 e. The molecule has 1 aliphatic rings. The van der Waals surface area contributed by atoms with Crippen molar-refractivity contribution >= 4 is 22.9 Å². The predicted molar refractivity (Wildman–Crippen MR) is 49.2 cm³/mol. The summed E-state index contributed by atoms with van der Waals surface area (Å²) >= 11 is 1.67. The quantitative estimate of drug-likeness (QED) is 0.628. The molecule has 4 heteroatoms. The molecular weight excluding hydrogens is 172 g/mol. The lowest BCUT2D eigenvalue weighted by atomic mass is 10.2. The van der Waals surface area contributed by atoms with Crippen LogP contribution in [0.5, 0.6) is 0 Å². The topological polar surface area (TPSA) is 55.1 Å². The number of nitrogens with one attached hydrogen (secondary N) is 1. The Hall–Kier alpha value is -0.870. The van der Waals surface area contributed by atoms with Gasteiger partial charge < -0.3 is 11.1 Å². The first-order valence-electron chi connectivity index (χ1n) is 3.90. The fourth-order valence-corrected chi connectivity index (χ4v) is 2.14. The van der Waals surface area contributed by atoms with Gasteiger partial charge in [0.1, 0.15) is 0 Å². The molecule has 0 saturated carbocycles. The number of fused-ring (bicyclic) bond motifs is 1. The minimum atomic E-state index is -0.343. The first kappa shape index (κ1) is 7.76. The molecular formula is C8H10N2OS. The van der Waals surface area contributed by atoms with Crippen molar-refractivity contribution in [1.82, 2.24) is 0 Å². The molecule has 64 valence electrons. The molecule has 0 saturated heterocycles. The van der Waals surface area contributed by atoms with Crippen LogP contribution in [-0.4, -0.2) is 11.9 Å². The molecule has 3 nitrogen and oxygen atoms in total. The third-order valence-electron chi connectivity index (χ3n) is 2.02. The van der Waals surface area contributed by atoms with E-state index in [0.717, 1.165) is 18.5 Å². The molecule has 0 radical (unpaired) electrons. The predicted octanol–water partition coefficient (Wildman–Crippen LogP) is 0.960. The van der Waals surface area contributed by atoms with Gasteiger partial charge in [-0.05, 0) is 24.3 Å². The molecule has 1 aliphatic heterocycles. The summed E-state index contributed by atoms with van der Waals surface area (Å²) < 4.78 is 0. The van der Waals surface area contributed by atoms with E-state index in [1.165, 1.54) is 4.88 Å². The molecule has 0 spiro atoms. The fraction of sp³-hybridized carbons (Fsp3) is 0.375. The summed E-state index contributed by atoms with van der Waals surface area (Å²) in [6, 6.07) is 1.58. The molecule has 0 fully saturated rings. The number of hydrogen-bond donors (Lipinski definition) is 2. The van der Waals surface area contributed by atoms with E-state index in [2.05, 4.69) is 5.32 Å². The van der Waals surface area contributed by atoms with Crippen LogP contribution >= 0.6 is 11.3 Å². The Morgan fingerprint density at radius 3 is 3.33 bits per heavy atom. The first-order chi connectivity index (χ1) is 5.77. The highest BCUT2D eigenvalue weighted by Gasteiger charge is 2.20. The lowest BCUT2D eigenvalue weighted by Gasteiger charge is -2.04. The van der Waals surface area contributed by atoms with E-state index in [-0.39, 0.29) is 11.9 Å². The first-order valence-corrected chi connectivity index (χ1v) is 4.78. The molecule has 1 atom stereocenters. The van der Waals surface area contributed by atoms with E-state index in [1.807, 2.05) is 11.4 Å². The summed E-state index contributed by atoms with van der Waals surface area (Å²) in [6.45, 7) is 0. The molecule has 12 heavy (non-hydrogen) atoms. The molecule has 1 amide bonds. The van der Waals surface area contributed by atoms with Gasteiger partial charge in [0.2, 0.25) is 5.91 Å². The van der Waals surface area contributed by atoms with Gasteiger partial charge in [0.25, 0.3) is 0 Å².